The molecule has 0 fully saturated rings. The number of hydrogen-bond donors (Lipinski definition) is 2. The van der Waals surface area contributed by atoms with E-state index in [0.717, 1.165) is 5.56 Å². The third kappa shape index (κ3) is 3.30. The topological polar surface area (TPSA) is 66.4 Å². The zero-order valence-corrected chi connectivity index (χ0v) is 11.0. The van der Waals surface area contributed by atoms with E-state index < -0.39 is 17.9 Å². The molecule has 1 atom stereocenters. The summed E-state index contributed by atoms with van der Waals surface area (Å²) in [6, 6.07) is 15.2. The van der Waals surface area contributed by atoms with Crippen molar-refractivity contribution in [1.29, 1.82) is 0 Å². The molecule has 0 spiro atoms. The van der Waals surface area contributed by atoms with Crippen molar-refractivity contribution in [2.45, 2.75) is 13.2 Å². The van der Waals surface area contributed by atoms with Crippen LogP contribution in [0, 0.1) is 6.92 Å². The summed E-state index contributed by atoms with van der Waals surface area (Å²) in [5.74, 6) is -1.02. The van der Waals surface area contributed by atoms with Crippen molar-refractivity contribution >= 4 is 11.7 Å². The molecule has 0 bridgehead atoms. The lowest BCUT2D eigenvalue weighted by atomic mass is 10.1. The number of rotatable bonds is 4. The number of amides is 1. The first kappa shape index (κ1) is 14.0. The van der Waals surface area contributed by atoms with Crippen LogP contribution < -0.4 is 5.32 Å². The largest absolute Gasteiger partial charge is 0.367 e. The summed E-state index contributed by atoms with van der Waals surface area (Å²) in [5.41, 5.74) is 1.77. The summed E-state index contributed by atoms with van der Waals surface area (Å²) < 4.78 is 0. The number of aryl methyl sites for hydroxylation is 1. The number of hydrogen-bond acceptors (Lipinski definition) is 3. The lowest BCUT2D eigenvalue weighted by Gasteiger charge is -2.12. The number of carbonyl (C=O) groups excluding carboxylic acids is 2. The van der Waals surface area contributed by atoms with Crippen LogP contribution in [0.3, 0.4) is 0 Å². The second-order valence-corrected chi connectivity index (χ2v) is 4.47. The van der Waals surface area contributed by atoms with Crippen LogP contribution in [0.2, 0.25) is 0 Å². The molecule has 4 heteroatoms. The van der Waals surface area contributed by atoms with Crippen LogP contribution in [0.4, 0.5) is 0 Å². The maximum absolute atomic E-state index is 12.0. The smallest absolute Gasteiger partial charge is 0.253 e. The summed E-state index contributed by atoms with van der Waals surface area (Å²) in [6.07, 6.45) is -1.55. The van der Waals surface area contributed by atoms with Gasteiger partial charge >= 0.3 is 0 Å². The van der Waals surface area contributed by atoms with Gasteiger partial charge in [-0.3, -0.25) is 9.59 Å². The van der Waals surface area contributed by atoms with Gasteiger partial charge in [0.1, 0.15) is 0 Å². The number of ketones is 1. The first-order valence-corrected chi connectivity index (χ1v) is 6.23. The highest BCUT2D eigenvalue weighted by molar-refractivity contribution is 6.03. The first-order valence-electron chi connectivity index (χ1n) is 6.23. The molecule has 0 saturated carbocycles. The van der Waals surface area contributed by atoms with Crippen molar-refractivity contribution in [3.63, 3.8) is 0 Å². The standard InChI is InChI=1S/C16H15NO3/c1-11-7-9-12(10-8-11)14(18)16(20)17-15(19)13-5-3-2-4-6-13/h2-10,16,20H,1H3,(H,17,19)/t16-/m1/s1. The molecule has 1 amide bonds. The number of carbonyl (C=O) groups is 2. The van der Waals surface area contributed by atoms with E-state index in [1.54, 1.807) is 54.6 Å². The average molecular weight is 269 g/mol. The number of nitrogens with one attached hydrogen (secondary N) is 1. The normalized spacial score (nSPS) is 11.7. The quantitative estimate of drug-likeness (QED) is 0.658. The number of aliphatic hydroxyl groups excluding tert-OH is 1. The van der Waals surface area contributed by atoms with Gasteiger partial charge < -0.3 is 10.4 Å². The highest BCUT2D eigenvalue weighted by Gasteiger charge is 2.19. The molecule has 0 aliphatic rings. The molecular weight excluding hydrogens is 254 g/mol. The summed E-state index contributed by atoms with van der Waals surface area (Å²) >= 11 is 0. The van der Waals surface area contributed by atoms with Crippen molar-refractivity contribution in [2.75, 3.05) is 0 Å². The Bertz CT molecular complexity index is 605. The Labute approximate surface area is 117 Å². The molecule has 2 N–H and O–H groups in total. The fourth-order valence-corrected chi connectivity index (χ4v) is 1.74. The number of Topliss-reactive ketones (excluding diaryl/α,β-unsaturated/α-hetero) is 1. The highest BCUT2D eigenvalue weighted by atomic mass is 16.3. The summed E-state index contributed by atoms with van der Waals surface area (Å²) in [5, 5.41) is 12.1. The van der Waals surface area contributed by atoms with Crippen molar-refractivity contribution in [2.24, 2.45) is 0 Å². The van der Waals surface area contributed by atoms with Crippen molar-refractivity contribution in [3.05, 3.63) is 71.3 Å². The van der Waals surface area contributed by atoms with Crippen molar-refractivity contribution < 1.29 is 14.7 Å². The molecule has 0 unspecified atom stereocenters. The van der Waals surface area contributed by atoms with E-state index >= 15 is 0 Å². The Hall–Kier alpha value is -2.46. The fraction of sp³-hybridized carbons (Fsp3) is 0.125. The molecule has 0 aromatic heterocycles. The maximum atomic E-state index is 12.0. The van der Waals surface area contributed by atoms with Crippen LogP contribution in [0.15, 0.2) is 54.6 Å². The molecule has 0 saturated heterocycles. The van der Waals surface area contributed by atoms with Crippen LogP contribution in [-0.4, -0.2) is 23.0 Å². The van der Waals surface area contributed by atoms with Gasteiger partial charge in [-0.1, -0.05) is 48.0 Å². The van der Waals surface area contributed by atoms with E-state index in [4.69, 9.17) is 0 Å². The summed E-state index contributed by atoms with van der Waals surface area (Å²) in [6.45, 7) is 1.90. The van der Waals surface area contributed by atoms with Crippen LogP contribution in [0.5, 0.6) is 0 Å². The molecule has 4 nitrogen and oxygen atoms in total. The van der Waals surface area contributed by atoms with Gasteiger partial charge in [-0.2, -0.15) is 0 Å². The molecule has 2 aromatic carbocycles. The third-order valence-corrected chi connectivity index (χ3v) is 2.89. The fourth-order valence-electron chi connectivity index (χ4n) is 1.74. The van der Waals surface area contributed by atoms with E-state index in [2.05, 4.69) is 5.32 Å². The Kier molecular flexibility index (Phi) is 4.27. The van der Waals surface area contributed by atoms with Gasteiger partial charge in [0.15, 0.2) is 6.23 Å². The van der Waals surface area contributed by atoms with Crippen molar-refractivity contribution in [1.82, 2.24) is 5.32 Å². The molecule has 0 aliphatic carbocycles. The molecule has 2 rings (SSSR count). The maximum Gasteiger partial charge on any atom is 0.253 e. The Morgan fingerprint density at radius 3 is 2.15 bits per heavy atom. The minimum Gasteiger partial charge on any atom is -0.367 e. The first-order chi connectivity index (χ1) is 9.58. The Morgan fingerprint density at radius 1 is 0.950 bits per heavy atom. The van der Waals surface area contributed by atoms with E-state index in [0.29, 0.717) is 11.1 Å². The third-order valence-electron chi connectivity index (χ3n) is 2.89. The number of benzene rings is 2. The minimum atomic E-state index is -1.55. The molecule has 20 heavy (non-hydrogen) atoms. The zero-order chi connectivity index (χ0) is 14.5. The lowest BCUT2D eigenvalue weighted by Crippen LogP contribution is -2.40. The van der Waals surface area contributed by atoms with Crippen LogP contribution in [0.25, 0.3) is 0 Å². The van der Waals surface area contributed by atoms with E-state index in [1.165, 1.54) is 0 Å². The molecule has 2 aromatic rings. The Balaban J connectivity index is 2.05. The second kappa shape index (κ2) is 6.12. The highest BCUT2D eigenvalue weighted by Crippen LogP contribution is 2.06. The van der Waals surface area contributed by atoms with Gasteiger partial charge in [0.25, 0.3) is 5.91 Å². The van der Waals surface area contributed by atoms with E-state index in [1.807, 2.05) is 6.92 Å². The zero-order valence-electron chi connectivity index (χ0n) is 11.0. The van der Waals surface area contributed by atoms with Gasteiger partial charge in [0.05, 0.1) is 0 Å². The minimum absolute atomic E-state index is 0.358. The Morgan fingerprint density at radius 2 is 1.55 bits per heavy atom. The summed E-state index contributed by atoms with van der Waals surface area (Å²) in [7, 11) is 0. The molecular formula is C16H15NO3. The van der Waals surface area contributed by atoms with Gasteiger partial charge in [-0.15, -0.1) is 0 Å². The van der Waals surface area contributed by atoms with Gasteiger partial charge in [0.2, 0.25) is 5.78 Å². The van der Waals surface area contributed by atoms with Gasteiger partial charge in [0, 0.05) is 11.1 Å². The molecule has 102 valence electrons. The van der Waals surface area contributed by atoms with E-state index in [-0.39, 0.29) is 0 Å². The predicted octanol–water partition coefficient (Wildman–Crippen LogP) is 1.93. The predicted molar refractivity (Wildman–Crippen MR) is 75.4 cm³/mol. The SMILES string of the molecule is Cc1ccc(C(=O)[C@@H](O)NC(=O)c2ccccc2)cc1. The molecule has 0 heterocycles. The lowest BCUT2D eigenvalue weighted by molar-refractivity contribution is 0.0607. The average Bonchev–Trinajstić information content (AvgIpc) is 2.48. The molecule has 0 radical (unpaired) electrons. The van der Waals surface area contributed by atoms with Gasteiger partial charge in [-0.05, 0) is 19.1 Å². The van der Waals surface area contributed by atoms with Crippen LogP contribution in [0.1, 0.15) is 26.3 Å². The summed E-state index contributed by atoms with van der Waals surface area (Å²) in [4.78, 5) is 23.8. The van der Waals surface area contributed by atoms with Gasteiger partial charge in [-0.25, -0.2) is 0 Å². The second-order valence-electron chi connectivity index (χ2n) is 4.47. The van der Waals surface area contributed by atoms with Crippen LogP contribution >= 0.6 is 0 Å². The molecule has 0 aliphatic heterocycles. The monoisotopic (exact) mass is 269 g/mol. The van der Waals surface area contributed by atoms with Crippen molar-refractivity contribution in [3.8, 4) is 0 Å². The van der Waals surface area contributed by atoms with Crippen LogP contribution in [-0.2, 0) is 0 Å². The van der Waals surface area contributed by atoms with E-state index in [9.17, 15) is 14.7 Å². The number of aliphatic hydroxyl groups is 1.